The molecule has 1 atom stereocenters. The summed E-state index contributed by atoms with van der Waals surface area (Å²) >= 11 is 0. The molecule has 2 N–H and O–H groups in total. The van der Waals surface area contributed by atoms with E-state index < -0.39 is 0 Å². The molecule has 116 valence electrons. The first-order chi connectivity index (χ1) is 10.8. The van der Waals surface area contributed by atoms with Crippen LogP contribution in [0.3, 0.4) is 0 Å². The molecule has 1 aliphatic rings. The van der Waals surface area contributed by atoms with Crippen molar-refractivity contribution in [2.75, 3.05) is 25.5 Å². The molecule has 0 aliphatic carbocycles. The largest absolute Gasteiger partial charge is 0.497 e. The monoisotopic (exact) mass is 301 g/mol. The van der Waals surface area contributed by atoms with Crippen LogP contribution in [0.25, 0.3) is 0 Å². The van der Waals surface area contributed by atoms with E-state index in [0.717, 1.165) is 36.6 Å². The van der Waals surface area contributed by atoms with Crippen LogP contribution in [0.1, 0.15) is 24.6 Å². The molecule has 1 aliphatic heterocycles. The highest BCUT2D eigenvalue weighted by Crippen LogP contribution is 2.25. The van der Waals surface area contributed by atoms with Gasteiger partial charge in [0.05, 0.1) is 7.11 Å². The first kappa shape index (κ1) is 14.4. The normalized spacial score (nSPS) is 18.0. The lowest BCUT2D eigenvalue weighted by atomic mass is 9.98. The predicted octanol–water partition coefficient (Wildman–Crippen LogP) is 2.22. The van der Waals surface area contributed by atoms with Crippen LogP contribution in [0.4, 0.5) is 10.5 Å². The molecule has 7 heteroatoms. The number of carbonyl (C=O) groups is 1. The molecular weight excluding hydrogens is 282 g/mol. The Kier molecular flexibility index (Phi) is 4.22. The number of piperidine rings is 1. The van der Waals surface area contributed by atoms with Gasteiger partial charge >= 0.3 is 6.03 Å². The number of aromatic amines is 1. The van der Waals surface area contributed by atoms with E-state index >= 15 is 0 Å². The highest BCUT2D eigenvalue weighted by Gasteiger charge is 2.26. The van der Waals surface area contributed by atoms with Gasteiger partial charge in [0.1, 0.15) is 17.9 Å². The number of anilines is 1. The quantitative estimate of drug-likeness (QED) is 0.910. The summed E-state index contributed by atoms with van der Waals surface area (Å²) in [5.41, 5.74) is 0.728. The molecular formula is C15H19N5O2. The van der Waals surface area contributed by atoms with E-state index in [1.807, 2.05) is 23.1 Å². The average molecular weight is 301 g/mol. The van der Waals surface area contributed by atoms with Crippen molar-refractivity contribution >= 4 is 11.7 Å². The van der Waals surface area contributed by atoms with Crippen molar-refractivity contribution in [2.24, 2.45) is 0 Å². The zero-order valence-electron chi connectivity index (χ0n) is 12.5. The summed E-state index contributed by atoms with van der Waals surface area (Å²) in [6.07, 6.45) is 3.47. The number of benzene rings is 1. The van der Waals surface area contributed by atoms with Crippen molar-refractivity contribution in [3.63, 3.8) is 0 Å². The first-order valence-electron chi connectivity index (χ1n) is 7.31. The third-order valence-corrected chi connectivity index (χ3v) is 3.85. The van der Waals surface area contributed by atoms with Crippen LogP contribution in [0.5, 0.6) is 5.75 Å². The predicted molar refractivity (Wildman–Crippen MR) is 81.9 cm³/mol. The van der Waals surface area contributed by atoms with Crippen molar-refractivity contribution in [3.05, 3.63) is 36.4 Å². The number of aromatic nitrogens is 3. The number of methoxy groups -OCH3 is 1. The topological polar surface area (TPSA) is 83.1 Å². The van der Waals surface area contributed by atoms with E-state index in [-0.39, 0.29) is 11.9 Å². The standard InChI is InChI=1S/C15H19N5O2/c1-22-13-6-2-5-12(8-13)18-15(21)20-7-3-4-11(9-20)14-16-10-17-19-14/h2,5-6,8,10-11H,3-4,7,9H2,1H3,(H,18,21)(H,16,17,19)/t11-/m0/s1. The SMILES string of the molecule is COc1cccc(NC(=O)N2CCC[C@H](c3ncn[nH]3)C2)c1. The van der Waals surface area contributed by atoms with E-state index in [1.54, 1.807) is 13.2 Å². The van der Waals surface area contributed by atoms with Crippen LogP contribution in [0, 0.1) is 0 Å². The summed E-state index contributed by atoms with van der Waals surface area (Å²) in [5.74, 6) is 1.78. The Morgan fingerprint density at radius 3 is 3.18 bits per heavy atom. The lowest BCUT2D eigenvalue weighted by molar-refractivity contribution is 0.191. The van der Waals surface area contributed by atoms with Crippen molar-refractivity contribution in [2.45, 2.75) is 18.8 Å². The highest BCUT2D eigenvalue weighted by atomic mass is 16.5. The van der Waals surface area contributed by atoms with Crippen molar-refractivity contribution in [3.8, 4) is 5.75 Å². The minimum atomic E-state index is -0.0996. The van der Waals surface area contributed by atoms with Crippen LogP contribution in [0.2, 0.25) is 0 Å². The maximum absolute atomic E-state index is 12.4. The Hall–Kier alpha value is -2.57. The van der Waals surface area contributed by atoms with E-state index in [0.29, 0.717) is 6.54 Å². The van der Waals surface area contributed by atoms with Gasteiger partial charge in [-0.3, -0.25) is 5.10 Å². The van der Waals surface area contributed by atoms with Gasteiger partial charge in [-0.2, -0.15) is 5.10 Å². The summed E-state index contributed by atoms with van der Waals surface area (Å²) in [6.45, 7) is 1.39. The van der Waals surface area contributed by atoms with Gasteiger partial charge in [-0.1, -0.05) is 6.07 Å². The number of hydrogen-bond acceptors (Lipinski definition) is 4. The summed E-state index contributed by atoms with van der Waals surface area (Å²) in [5, 5.41) is 9.69. The van der Waals surface area contributed by atoms with Crippen LogP contribution >= 0.6 is 0 Å². The third-order valence-electron chi connectivity index (χ3n) is 3.85. The number of carbonyl (C=O) groups excluding carboxylic acids is 1. The van der Waals surface area contributed by atoms with Gasteiger partial charge in [0, 0.05) is 30.8 Å². The molecule has 2 aromatic rings. The van der Waals surface area contributed by atoms with Gasteiger partial charge in [-0.05, 0) is 25.0 Å². The highest BCUT2D eigenvalue weighted by molar-refractivity contribution is 5.89. The van der Waals surface area contributed by atoms with Gasteiger partial charge in [0.2, 0.25) is 0 Å². The molecule has 2 amide bonds. The number of amides is 2. The summed E-state index contributed by atoms with van der Waals surface area (Å²) in [4.78, 5) is 18.4. The molecule has 0 bridgehead atoms. The number of ether oxygens (including phenoxy) is 1. The molecule has 3 rings (SSSR count). The second kappa shape index (κ2) is 6.46. The molecule has 0 unspecified atom stereocenters. The number of hydrogen-bond donors (Lipinski definition) is 2. The number of urea groups is 1. The first-order valence-corrected chi connectivity index (χ1v) is 7.31. The van der Waals surface area contributed by atoms with Crippen LogP contribution in [0.15, 0.2) is 30.6 Å². The summed E-state index contributed by atoms with van der Waals surface area (Å²) < 4.78 is 5.16. The Labute approximate surface area is 128 Å². The Morgan fingerprint density at radius 2 is 2.41 bits per heavy atom. The van der Waals surface area contributed by atoms with E-state index in [4.69, 9.17) is 4.74 Å². The average Bonchev–Trinajstić information content (AvgIpc) is 3.09. The van der Waals surface area contributed by atoms with Crippen molar-refractivity contribution < 1.29 is 9.53 Å². The van der Waals surface area contributed by atoms with Gasteiger partial charge in [0.15, 0.2) is 0 Å². The minimum absolute atomic E-state index is 0.0996. The third kappa shape index (κ3) is 3.19. The number of nitrogens with one attached hydrogen (secondary N) is 2. The van der Waals surface area contributed by atoms with Crippen LogP contribution in [-0.2, 0) is 0 Å². The second-order valence-corrected chi connectivity index (χ2v) is 5.32. The van der Waals surface area contributed by atoms with E-state index in [9.17, 15) is 4.79 Å². The van der Waals surface area contributed by atoms with Crippen LogP contribution < -0.4 is 10.1 Å². The smallest absolute Gasteiger partial charge is 0.321 e. The zero-order chi connectivity index (χ0) is 15.4. The Morgan fingerprint density at radius 1 is 1.50 bits per heavy atom. The molecule has 2 heterocycles. The Bertz CT molecular complexity index is 629. The molecule has 22 heavy (non-hydrogen) atoms. The lowest BCUT2D eigenvalue weighted by Crippen LogP contribution is -2.41. The fourth-order valence-corrected chi connectivity index (χ4v) is 2.70. The maximum atomic E-state index is 12.4. The molecule has 1 aromatic carbocycles. The van der Waals surface area contributed by atoms with Gasteiger partial charge in [0.25, 0.3) is 0 Å². The van der Waals surface area contributed by atoms with Crippen molar-refractivity contribution in [1.29, 1.82) is 0 Å². The van der Waals surface area contributed by atoms with Crippen molar-refractivity contribution in [1.82, 2.24) is 20.1 Å². The van der Waals surface area contributed by atoms with Gasteiger partial charge in [-0.25, -0.2) is 9.78 Å². The van der Waals surface area contributed by atoms with Crippen LogP contribution in [-0.4, -0.2) is 46.3 Å². The molecule has 7 nitrogen and oxygen atoms in total. The molecule has 0 saturated carbocycles. The van der Waals surface area contributed by atoms with E-state index in [2.05, 4.69) is 20.5 Å². The number of H-pyrrole nitrogens is 1. The molecule has 0 spiro atoms. The number of likely N-dealkylation sites (tertiary alicyclic amines) is 1. The molecule has 1 aromatic heterocycles. The molecule has 0 radical (unpaired) electrons. The Balaban J connectivity index is 1.64. The van der Waals surface area contributed by atoms with Gasteiger partial charge < -0.3 is 15.0 Å². The minimum Gasteiger partial charge on any atom is -0.497 e. The summed E-state index contributed by atoms with van der Waals surface area (Å²) in [7, 11) is 1.60. The number of nitrogens with zero attached hydrogens (tertiary/aromatic N) is 3. The fraction of sp³-hybridized carbons (Fsp3) is 0.400. The molecule has 1 saturated heterocycles. The van der Waals surface area contributed by atoms with Gasteiger partial charge in [-0.15, -0.1) is 0 Å². The maximum Gasteiger partial charge on any atom is 0.321 e. The second-order valence-electron chi connectivity index (χ2n) is 5.32. The fourth-order valence-electron chi connectivity index (χ4n) is 2.70. The lowest BCUT2D eigenvalue weighted by Gasteiger charge is -2.31. The zero-order valence-corrected chi connectivity index (χ0v) is 12.5. The summed E-state index contributed by atoms with van der Waals surface area (Å²) in [6, 6.07) is 7.24. The number of rotatable bonds is 3. The molecule has 1 fully saturated rings. The van der Waals surface area contributed by atoms with E-state index in [1.165, 1.54) is 6.33 Å².